The second-order valence-electron chi connectivity index (χ2n) is 14.4. The first kappa shape index (κ1) is 30.1. The maximum Gasteiger partial charge on any atom is 0.136 e. The van der Waals surface area contributed by atoms with Crippen molar-refractivity contribution in [1.82, 2.24) is 4.57 Å². The van der Waals surface area contributed by atoms with E-state index in [1.807, 2.05) is 12.3 Å². The largest absolute Gasteiger partial charge is 0.464 e. The summed E-state index contributed by atoms with van der Waals surface area (Å²) in [5.41, 5.74) is 13.1. The Labute approximate surface area is 315 Å². The monoisotopic (exact) mass is 701 g/mol. The molecule has 3 heteroatoms. The van der Waals surface area contributed by atoms with Crippen LogP contribution in [0.1, 0.15) is 0 Å². The fraction of sp³-hybridized carbons (Fsp3) is 0. The lowest BCUT2D eigenvalue weighted by Crippen LogP contribution is -1.93. The van der Waals surface area contributed by atoms with Gasteiger partial charge in [0.25, 0.3) is 0 Å². The summed E-state index contributed by atoms with van der Waals surface area (Å²) in [6.07, 6.45) is 1.86. The third-order valence-corrected chi connectivity index (χ3v) is 11.5. The molecule has 12 rings (SSSR count). The maximum absolute atomic E-state index is 6.67. The molecule has 0 amide bonds. The normalized spacial score (nSPS) is 12.0. The zero-order valence-electron chi connectivity index (χ0n) is 29.7. The number of aromatic nitrogens is 1. The van der Waals surface area contributed by atoms with Crippen LogP contribution in [0.3, 0.4) is 0 Å². The number of rotatable bonds is 4. The fourth-order valence-electron chi connectivity index (χ4n) is 9.11. The minimum atomic E-state index is 0.845. The number of hydrogen-bond acceptors (Lipinski definition) is 2. The van der Waals surface area contributed by atoms with Crippen molar-refractivity contribution in [2.75, 3.05) is 0 Å². The maximum atomic E-state index is 6.67. The third kappa shape index (κ3) is 4.38. The van der Waals surface area contributed by atoms with Crippen molar-refractivity contribution in [2.24, 2.45) is 0 Å². The van der Waals surface area contributed by atoms with Gasteiger partial charge in [-0.3, -0.25) is 0 Å². The zero-order chi connectivity index (χ0) is 36.0. The predicted octanol–water partition coefficient (Wildman–Crippen LogP) is 14.7. The van der Waals surface area contributed by atoms with Crippen LogP contribution in [-0.4, -0.2) is 4.57 Å². The van der Waals surface area contributed by atoms with Crippen molar-refractivity contribution in [3.05, 3.63) is 188 Å². The molecule has 0 bridgehead atoms. The van der Waals surface area contributed by atoms with Gasteiger partial charge in [-0.2, -0.15) is 0 Å². The van der Waals surface area contributed by atoms with Crippen molar-refractivity contribution >= 4 is 76.3 Å². The molecule has 0 aliphatic rings. The Bertz CT molecular complexity index is 3420. The molecule has 0 fully saturated rings. The highest BCUT2D eigenvalue weighted by molar-refractivity contribution is 6.26. The summed E-state index contributed by atoms with van der Waals surface area (Å²) in [4.78, 5) is 0. The van der Waals surface area contributed by atoms with Crippen molar-refractivity contribution in [3.63, 3.8) is 0 Å². The second kappa shape index (κ2) is 11.6. The average Bonchev–Trinajstić information content (AvgIpc) is 3.93. The summed E-state index contributed by atoms with van der Waals surface area (Å²) in [5.74, 6) is 0. The van der Waals surface area contributed by atoms with Crippen LogP contribution < -0.4 is 0 Å². The Kier molecular flexibility index (Phi) is 6.34. The van der Waals surface area contributed by atoms with Crippen LogP contribution in [-0.2, 0) is 0 Å². The van der Waals surface area contributed by atoms with Crippen molar-refractivity contribution in [3.8, 4) is 39.1 Å². The lowest BCUT2D eigenvalue weighted by atomic mass is 9.84. The molecule has 3 heterocycles. The molecule has 0 aliphatic heterocycles. The Balaban J connectivity index is 1.12. The molecule has 0 radical (unpaired) electrons. The van der Waals surface area contributed by atoms with E-state index in [0.29, 0.717) is 0 Å². The lowest BCUT2D eigenvalue weighted by molar-refractivity contribution is 0.617. The first-order valence-corrected chi connectivity index (χ1v) is 18.7. The molecule has 55 heavy (non-hydrogen) atoms. The third-order valence-electron chi connectivity index (χ3n) is 11.5. The van der Waals surface area contributed by atoms with Crippen molar-refractivity contribution in [1.29, 1.82) is 0 Å². The van der Waals surface area contributed by atoms with E-state index in [2.05, 4.69) is 180 Å². The van der Waals surface area contributed by atoms with Crippen LogP contribution in [0.25, 0.3) is 115 Å². The van der Waals surface area contributed by atoms with Gasteiger partial charge in [0, 0.05) is 38.2 Å². The van der Waals surface area contributed by atoms with Gasteiger partial charge in [-0.25, -0.2) is 0 Å². The van der Waals surface area contributed by atoms with Crippen LogP contribution in [0, 0.1) is 0 Å². The minimum absolute atomic E-state index is 0.845. The molecule has 3 aromatic heterocycles. The van der Waals surface area contributed by atoms with Gasteiger partial charge in [0.1, 0.15) is 16.7 Å². The van der Waals surface area contributed by atoms with E-state index in [0.717, 1.165) is 55.3 Å². The van der Waals surface area contributed by atoms with Crippen LogP contribution in [0.4, 0.5) is 0 Å². The van der Waals surface area contributed by atoms with E-state index in [1.165, 1.54) is 60.0 Å². The highest BCUT2D eigenvalue weighted by Gasteiger charge is 2.22. The quantitative estimate of drug-likeness (QED) is 0.171. The molecule has 0 unspecified atom stereocenters. The highest BCUT2D eigenvalue weighted by atomic mass is 16.3. The van der Waals surface area contributed by atoms with Crippen LogP contribution in [0.15, 0.2) is 197 Å². The Morgan fingerprint density at radius 3 is 1.71 bits per heavy atom. The van der Waals surface area contributed by atoms with Gasteiger partial charge in [0.05, 0.1) is 17.3 Å². The Morgan fingerprint density at radius 2 is 0.964 bits per heavy atom. The smallest absolute Gasteiger partial charge is 0.136 e. The minimum Gasteiger partial charge on any atom is -0.464 e. The van der Waals surface area contributed by atoms with E-state index in [-0.39, 0.29) is 0 Å². The molecule has 12 aromatic rings. The first-order valence-electron chi connectivity index (χ1n) is 18.7. The number of hydrogen-bond donors (Lipinski definition) is 0. The SMILES string of the molecule is c1ccc(-c2coc3cc4c(cc23)oc2cccc(-c3c5ccccc5c(-c5ccc6c(c5)c5ccccc5n6-c5ccccc5)c5ccccc35)c24)cc1. The summed E-state index contributed by atoms with van der Waals surface area (Å²) in [7, 11) is 0. The fourth-order valence-corrected chi connectivity index (χ4v) is 9.11. The summed E-state index contributed by atoms with van der Waals surface area (Å²) >= 11 is 0. The Hall–Kier alpha value is -7.36. The predicted molar refractivity (Wildman–Crippen MR) is 229 cm³/mol. The molecule has 0 atom stereocenters. The van der Waals surface area contributed by atoms with Gasteiger partial charge in [-0.1, -0.05) is 133 Å². The zero-order valence-corrected chi connectivity index (χ0v) is 29.7. The van der Waals surface area contributed by atoms with Crippen LogP contribution >= 0.6 is 0 Å². The molecular formula is C52H31NO2. The van der Waals surface area contributed by atoms with Crippen molar-refractivity contribution < 1.29 is 8.83 Å². The van der Waals surface area contributed by atoms with Gasteiger partial charge >= 0.3 is 0 Å². The van der Waals surface area contributed by atoms with Gasteiger partial charge < -0.3 is 13.4 Å². The van der Waals surface area contributed by atoms with Gasteiger partial charge in [0.15, 0.2) is 0 Å². The van der Waals surface area contributed by atoms with E-state index >= 15 is 0 Å². The number of para-hydroxylation sites is 2. The summed E-state index contributed by atoms with van der Waals surface area (Å²) < 4.78 is 15.3. The van der Waals surface area contributed by atoms with E-state index in [4.69, 9.17) is 8.83 Å². The van der Waals surface area contributed by atoms with E-state index in [1.54, 1.807) is 0 Å². The molecular weight excluding hydrogens is 671 g/mol. The summed E-state index contributed by atoms with van der Waals surface area (Å²) in [5, 5.41) is 10.5. The molecule has 256 valence electrons. The molecule has 0 N–H and O–H groups in total. The highest BCUT2D eigenvalue weighted by Crippen LogP contribution is 2.48. The first-order chi connectivity index (χ1) is 27.3. The van der Waals surface area contributed by atoms with Crippen LogP contribution in [0.2, 0.25) is 0 Å². The number of nitrogens with zero attached hydrogens (tertiary/aromatic N) is 1. The average molecular weight is 702 g/mol. The summed E-state index contributed by atoms with van der Waals surface area (Å²) in [6.45, 7) is 0. The molecule has 0 aliphatic carbocycles. The number of benzene rings is 9. The number of furan rings is 2. The molecule has 0 spiro atoms. The number of fused-ring (bicyclic) bond motifs is 9. The van der Waals surface area contributed by atoms with Gasteiger partial charge in [-0.05, 0) is 97.9 Å². The lowest BCUT2D eigenvalue weighted by Gasteiger charge is -2.18. The second-order valence-corrected chi connectivity index (χ2v) is 14.4. The van der Waals surface area contributed by atoms with Crippen molar-refractivity contribution in [2.45, 2.75) is 0 Å². The van der Waals surface area contributed by atoms with Crippen LogP contribution in [0.5, 0.6) is 0 Å². The molecule has 3 nitrogen and oxygen atoms in total. The van der Waals surface area contributed by atoms with E-state index in [9.17, 15) is 0 Å². The standard InChI is InChI=1S/C52H31NO2/c1-3-14-32(15-4-1)44-31-54-48-30-43-49(29-42(44)48)55-47-25-13-23-40(52(43)47)51-38-21-9-7-19-36(38)50(37-20-8-10-22-39(37)51)33-26-27-46-41(28-33)35-18-11-12-24-45(35)53(46)34-16-5-2-6-17-34/h1-31H. The summed E-state index contributed by atoms with van der Waals surface area (Å²) in [6, 6.07) is 65.3. The molecule has 0 saturated heterocycles. The topological polar surface area (TPSA) is 31.2 Å². The van der Waals surface area contributed by atoms with E-state index < -0.39 is 0 Å². The Morgan fingerprint density at radius 1 is 0.345 bits per heavy atom. The molecule has 9 aromatic carbocycles. The van der Waals surface area contributed by atoms with Gasteiger partial charge in [0.2, 0.25) is 0 Å². The molecule has 0 saturated carbocycles. The van der Waals surface area contributed by atoms with Gasteiger partial charge in [-0.15, -0.1) is 0 Å².